The van der Waals surface area contributed by atoms with Crippen molar-refractivity contribution in [1.82, 2.24) is 0 Å². The highest BCUT2D eigenvalue weighted by atomic mass is 16.5. The van der Waals surface area contributed by atoms with Crippen LogP contribution in [0.15, 0.2) is 36.4 Å². The van der Waals surface area contributed by atoms with Crippen molar-refractivity contribution >= 4 is 0 Å². The second-order valence-electron chi connectivity index (χ2n) is 5.21. The van der Waals surface area contributed by atoms with Crippen molar-refractivity contribution in [2.24, 2.45) is 11.8 Å². The summed E-state index contributed by atoms with van der Waals surface area (Å²) in [5, 5.41) is 0. The van der Waals surface area contributed by atoms with Gasteiger partial charge in [0.05, 0.1) is 0 Å². The second kappa shape index (κ2) is 7.25. The summed E-state index contributed by atoms with van der Waals surface area (Å²) in [4.78, 5) is 0. The van der Waals surface area contributed by atoms with Gasteiger partial charge in [-0.1, -0.05) is 46.4 Å². The third-order valence-electron chi connectivity index (χ3n) is 3.50. The van der Waals surface area contributed by atoms with Crippen LogP contribution in [-0.2, 0) is 6.42 Å². The smallest absolute Gasteiger partial charge is 0.120 e. The van der Waals surface area contributed by atoms with Crippen LogP contribution in [0.2, 0.25) is 0 Å². The SMILES string of the molecule is C=C(COc1cccc(CC)c1)C(CC)C(C)C. The molecule has 0 heterocycles. The molecule has 0 aromatic heterocycles. The van der Waals surface area contributed by atoms with E-state index < -0.39 is 0 Å². The molecule has 1 atom stereocenters. The van der Waals surface area contributed by atoms with E-state index in [1.54, 1.807) is 0 Å². The number of hydrogen-bond acceptors (Lipinski definition) is 1. The molecule has 0 N–H and O–H groups in total. The molecule has 0 saturated heterocycles. The monoisotopic (exact) mass is 246 g/mol. The molecule has 100 valence electrons. The van der Waals surface area contributed by atoms with Gasteiger partial charge in [0.2, 0.25) is 0 Å². The molecule has 0 bridgehead atoms. The van der Waals surface area contributed by atoms with E-state index in [1.807, 2.05) is 6.07 Å². The summed E-state index contributed by atoms with van der Waals surface area (Å²) < 4.78 is 5.84. The standard InChI is InChI=1S/C17H26O/c1-6-15-9-8-10-16(11-15)18-12-14(5)17(7-2)13(3)4/h8-11,13,17H,5-7,12H2,1-4H3. The van der Waals surface area contributed by atoms with Crippen LogP contribution in [0.1, 0.15) is 39.7 Å². The first kappa shape index (κ1) is 14.8. The number of benzene rings is 1. The molecular weight excluding hydrogens is 220 g/mol. The van der Waals surface area contributed by atoms with Gasteiger partial charge >= 0.3 is 0 Å². The summed E-state index contributed by atoms with van der Waals surface area (Å²) in [5.74, 6) is 2.14. The van der Waals surface area contributed by atoms with Crippen LogP contribution in [0.3, 0.4) is 0 Å². The topological polar surface area (TPSA) is 9.23 Å². The van der Waals surface area contributed by atoms with Crippen molar-refractivity contribution in [2.45, 2.75) is 40.5 Å². The fourth-order valence-electron chi connectivity index (χ4n) is 2.37. The van der Waals surface area contributed by atoms with Crippen LogP contribution >= 0.6 is 0 Å². The van der Waals surface area contributed by atoms with Gasteiger partial charge in [0, 0.05) is 0 Å². The Morgan fingerprint density at radius 1 is 1.28 bits per heavy atom. The summed E-state index contributed by atoms with van der Waals surface area (Å²) in [7, 11) is 0. The van der Waals surface area contributed by atoms with E-state index in [9.17, 15) is 0 Å². The molecule has 1 heteroatoms. The second-order valence-corrected chi connectivity index (χ2v) is 5.21. The van der Waals surface area contributed by atoms with E-state index >= 15 is 0 Å². The molecule has 1 unspecified atom stereocenters. The molecule has 0 aliphatic carbocycles. The predicted octanol–water partition coefficient (Wildman–Crippen LogP) is 4.87. The molecule has 0 aliphatic heterocycles. The number of hydrogen-bond donors (Lipinski definition) is 0. The summed E-state index contributed by atoms with van der Waals surface area (Å²) in [6.45, 7) is 13.7. The van der Waals surface area contributed by atoms with Crippen molar-refractivity contribution in [3.63, 3.8) is 0 Å². The van der Waals surface area contributed by atoms with Gasteiger partial charge in [-0.2, -0.15) is 0 Å². The van der Waals surface area contributed by atoms with E-state index in [4.69, 9.17) is 4.74 Å². The Hall–Kier alpha value is -1.24. The van der Waals surface area contributed by atoms with Gasteiger partial charge in [-0.05, 0) is 47.9 Å². The lowest BCUT2D eigenvalue weighted by molar-refractivity contribution is 0.312. The minimum absolute atomic E-state index is 0.555. The average Bonchev–Trinajstić information content (AvgIpc) is 2.37. The highest BCUT2D eigenvalue weighted by Gasteiger charge is 2.15. The van der Waals surface area contributed by atoms with Gasteiger partial charge in [-0.3, -0.25) is 0 Å². The van der Waals surface area contributed by atoms with Crippen molar-refractivity contribution in [1.29, 1.82) is 0 Å². The fourth-order valence-corrected chi connectivity index (χ4v) is 2.37. The van der Waals surface area contributed by atoms with E-state index in [0.717, 1.165) is 18.6 Å². The minimum Gasteiger partial charge on any atom is -0.489 e. The maximum Gasteiger partial charge on any atom is 0.120 e. The van der Waals surface area contributed by atoms with Crippen LogP contribution < -0.4 is 4.74 Å². The first-order chi connectivity index (χ1) is 8.58. The van der Waals surface area contributed by atoms with Crippen molar-refractivity contribution in [3.05, 3.63) is 42.0 Å². The lowest BCUT2D eigenvalue weighted by Gasteiger charge is -2.22. The normalized spacial score (nSPS) is 12.5. The third kappa shape index (κ3) is 4.21. The van der Waals surface area contributed by atoms with Gasteiger partial charge in [0.15, 0.2) is 0 Å². The lowest BCUT2D eigenvalue weighted by Crippen LogP contribution is -2.15. The molecule has 0 spiro atoms. The maximum atomic E-state index is 5.84. The molecule has 1 nitrogen and oxygen atoms in total. The highest BCUT2D eigenvalue weighted by Crippen LogP contribution is 2.23. The van der Waals surface area contributed by atoms with Crippen molar-refractivity contribution in [2.75, 3.05) is 6.61 Å². The van der Waals surface area contributed by atoms with Gasteiger partial charge < -0.3 is 4.74 Å². The lowest BCUT2D eigenvalue weighted by atomic mass is 9.87. The van der Waals surface area contributed by atoms with Gasteiger partial charge in [-0.25, -0.2) is 0 Å². The largest absolute Gasteiger partial charge is 0.489 e. The highest BCUT2D eigenvalue weighted by molar-refractivity contribution is 5.28. The zero-order valence-corrected chi connectivity index (χ0v) is 12.2. The van der Waals surface area contributed by atoms with Crippen LogP contribution in [0.25, 0.3) is 0 Å². The Balaban J connectivity index is 2.56. The molecule has 0 fully saturated rings. The maximum absolute atomic E-state index is 5.84. The number of rotatable bonds is 7. The Labute approximate surface area is 112 Å². The van der Waals surface area contributed by atoms with Gasteiger partial charge in [0.1, 0.15) is 12.4 Å². The molecular formula is C17H26O. The molecule has 0 aliphatic rings. The van der Waals surface area contributed by atoms with E-state index in [-0.39, 0.29) is 0 Å². The molecule has 0 radical (unpaired) electrons. The van der Waals surface area contributed by atoms with Gasteiger partial charge in [0.25, 0.3) is 0 Å². The predicted molar refractivity (Wildman–Crippen MR) is 79.1 cm³/mol. The Morgan fingerprint density at radius 2 is 2.00 bits per heavy atom. The zero-order chi connectivity index (χ0) is 13.5. The Morgan fingerprint density at radius 3 is 2.56 bits per heavy atom. The molecule has 1 aromatic rings. The summed E-state index contributed by atoms with van der Waals surface area (Å²) in [6, 6.07) is 8.31. The number of aryl methyl sites for hydroxylation is 1. The Bertz CT molecular complexity index is 379. The number of ether oxygens (including phenoxy) is 1. The first-order valence-electron chi connectivity index (χ1n) is 6.97. The molecule has 1 aromatic carbocycles. The molecule has 0 saturated carbocycles. The summed E-state index contributed by atoms with van der Waals surface area (Å²) in [5.41, 5.74) is 2.52. The van der Waals surface area contributed by atoms with E-state index in [2.05, 4.69) is 52.5 Å². The molecule has 18 heavy (non-hydrogen) atoms. The van der Waals surface area contributed by atoms with Crippen LogP contribution in [0, 0.1) is 11.8 Å². The van der Waals surface area contributed by atoms with Gasteiger partial charge in [-0.15, -0.1) is 0 Å². The molecule has 0 amide bonds. The third-order valence-corrected chi connectivity index (χ3v) is 3.50. The van der Waals surface area contributed by atoms with Crippen LogP contribution in [0.4, 0.5) is 0 Å². The average molecular weight is 246 g/mol. The minimum atomic E-state index is 0.555. The van der Waals surface area contributed by atoms with Crippen molar-refractivity contribution < 1.29 is 4.74 Å². The fraction of sp³-hybridized carbons (Fsp3) is 0.529. The van der Waals surface area contributed by atoms with Crippen molar-refractivity contribution in [3.8, 4) is 5.75 Å². The first-order valence-corrected chi connectivity index (χ1v) is 6.97. The van der Waals surface area contributed by atoms with E-state index in [0.29, 0.717) is 18.4 Å². The van der Waals surface area contributed by atoms with E-state index in [1.165, 1.54) is 11.1 Å². The Kier molecular flexibility index (Phi) is 5.97. The quantitative estimate of drug-likeness (QED) is 0.624. The molecule has 1 rings (SSSR count). The summed E-state index contributed by atoms with van der Waals surface area (Å²) in [6.07, 6.45) is 2.18. The van der Waals surface area contributed by atoms with Crippen LogP contribution in [-0.4, -0.2) is 6.61 Å². The zero-order valence-electron chi connectivity index (χ0n) is 12.2. The van der Waals surface area contributed by atoms with Crippen LogP contribution in [0.5, 0.6) is 5.75 Å². The summed E-state index contributed by atoms with van der Waals surface area (Å²) >= 11 is 0.